The first kappa shape index (κ1) is 17.0. The first-order valence-electron chi connectivity index (χ1n) is 7.41. The lowest BCUT2D eigenvalue weighted by Gasteiger charge is -2.24. The summed E-state index contributed by atoms with van der Waals surface area (Å²) >= 11 is 3.34. The normalized spacial score (nSPS) is 17.2. The number of benzene rings is 1. The van der Waals surface area contributed by atoms with E-state index < -0.39 is 0 Å². The molecule has 0 saturated carbocycles. The van der Waals surface area contributed by atoms with Crippen molar-refractivity contribution in [1.29, 1.82) is 0 Å². The largest absolute Gasteiger partial charge is 0.493 e. The molecule has 1 aliphatic heterocycles. The molecular weight excluding hydrogens is 346 g/mol. The van der Waals surface area contributed by atoms with Crippen LogP contribution in [0, 0.1) is 0 Å². The third-order valence-corrected chi connectivity index (χ3v) is 6.14. The van der Waals surface area contributed by atoms with Gasteiger partial charge in [-0.05, 0) is 29.1 Å². The van der Waals surface area contributed by atoms with E-state index in [-0.39, 0.29) is 11.3 Å². The minimum absolute atomic E-state index is 0.0663. The van der Waals surface area contributed by atoms with Crippen LogP contribution < -0.4 is 14.2 Å². The second-order valence-corrected chi connectivity index (χ2v) is 7.28. The maximum Gasteiger partial charge on any atom is 0.234 e. The zero-order valence-corrected chi connectivity index (χ0v) is 15.4. The molecule has 1 amide bonds. The number of hydrogen-bond donors (Lipinski definition) is 0. The maximum absolute atomic E-state index is 12.3. The van der Waals surface area contributed by atoms with Crippen molar-refractivity contribution >= 4 is 29.0 Å². The molecule has 0 radical (unpaired) electrons. The average Bonchev–Trinajstić information content (AvgIpc) is 3.24. The average molecular weight is 365 g/mol. The summed E-state index contributed by atoms with van der Waals surface area (Å²) in [6, 6.07) is 7.87. The number of ether oxygens (including phenoxy) is 3. The highest BCUT2D eigenvalue weighted by atomic mass is 32.2. The van der Waals surface area contributed by atoms with Gasteiger partial charge in [0, 0.05) is 11.4 Å². The Balaban J connectivity index is 1.90. The highest BCUT2D eigenvalue weighted by molar-refractivity contribution is 8.00. The van der Waals surface area contributed by atoms with Crippen LogP contribution in [0.4, 0.5) is 0 Å². The topological polar surface area (TPSA) is 48.0 Å². The van der Waals surface area contributed by atoms with Crippen LogP contribution in [0.25, 0.3) is 0 Å². The number of methoxy groups -OCH3 is 3. The lowest BCUT2D eigenvalue weighted by Crippen LogP contribution is -2.27. The number of carbonyl (C=O) groups is 1. The predicted octanol–water partition coefficient (Wildman–Crippen LogP) is 3.55. The van der Waals surface area contributed by atoms with Crippen molar-refractivity contribution in [2.45, 2.75) is 11.9 Å². The lowest BCUT2D eigenvalue weighted by atomic mass is 10.1. The van der Waals surface area contributed by atoms with E-state index in [0.29, 0.717) is 29.5 Å². The molecule has 1 aliphatic rings. The van der Waals surface area contributed by atoms with E-state index in [0.717, 1.165) is 5.56 Å². The van der Waals surface area contributed by atoms with Gasteiger partial charge >= 0.3 is 0 Å². The number of amides is 1. The summed E-state index contributed by atoms with van der Waals surface area (Å²) in [5, 5.41) is 2.10. The van der Waals surface area contributed by atoms with Gasteiger partial charge in [0.1, 0.15) is 5.37 Å². The summed E-state index contributed by atoms with van der Waals surface area (Å²) in [4.78, 5) is 15.4. The zero-order chi connectivity index (χ0) is 17.1. The molecule has 0 spiro atoms. The Labute approximate surface area is 149 Å². The molecule has 5 nitrogen and oxygen atoms in total. The number of rotatable bonds is 6. The van der Waals surface area contributed by atoms with Gasteiger partial charge in [-0.1, -0.05) is 6.07 Å². The first-order chi connectivity index (χ1) is 11.7. The van der Waals surface area contributed by atoms with E-state index in [1.807, 2.05) is 28.5 Å². The van der Waals surface area contributed by atoms with Gasteiger partial charge in [-0.25, -0.2) is 0 Å². The van der Waals surface area contributed by atoms with Crippen LogP contribution in [0.2, 0.25) is 0 Å². The molecule has 1 unspecified atom stereocenters. The van der Waals surface area contributed by atoms with Crippen molar-refractivity contribution in [3.8, 4) is 17.2 Å². The molecule has 0 N–H and O–H groups in total. The maximum atomic E-state index is 12.3. The molecule has 128 valence electrons. The third kappa shape index (κ3) is 3.18. The van der Waals surface area contributed by atoms with Gasteiger partial charge in [0.15, 0.2) is 11.5 Å². The van der Waals surface area contributed by atoms with E-state index in [1.165, 1.54) is 4.88 Å². The molecule has 0 aliphatic carbocycles. The van der Waals surface area contributed by atoms with Crippen LogP contribution in [0.1, 0.15) is 15.8 Å². The first-order valence-corrected chi connectivity index (χ1v) is 9.34. The molecule has 0 bridgehead atoms. The summed E-state index contributed by atoms with van der Waals surface area (Å²) in [6.45, 7) is 0.505. The van der Waals surface area contributed by atoms with Crippen molar-refractivity contribution in [3.05, 3.63) is 40.1 Å². The fraction of sp³-hybridized carbons (Fsp3) is 0.353. The second-order valence-electron chi connectivity index (χ2n) is 5.23. The van der Waals surface area contributed by atoms with Gasteiger partial charge in [0.25, 0.3) is 0 Å². The number of hydrogen-bond acceptors (Lipinski definition) is 6. The van der Waals surface area contributed by atoms with Crippen molar-refractivity contribution in [3.63, 3.8) is 0 Å². The fourth-order valence-electron chi connectivity index (χ4n) is 2.72. The molecule has 1 aromatic heterocycles. The molecule has 1 aromatic carbocycles. The Morgan fingerprint density at radius 1 is 1.17 bits per heavy atom. The third-order valence-electron chi connectivity index (χ3n) is 3.83. The summed E-state index contributed by atoms with van der Waals surface area (Å²) in [7, 11) is 4.76. The van der Waals surface area contributed by atoms with Gasteiger partial charge in [0.2, 0.25) is 11.7 Å². The van der Waals surface area contributed by atoms with Gasteiger partial charge in [0.05, 0.1) is 27.1 Å². The van der Waals surface area contributed by atoms with E-state index in [9.17, 15) is 4.79 Å². The minimum atomic E-state index is 0.0663. The molecule has 3 rings (SSSR count). The Hall–Kier alpha value is -1.86. The van der Waals surface area contributed by atoms with Crippen molar-refractivity contribution in [1.82, 2.24) is 4.90 Å². The monoisotopic (exact) mass is 365 g/mol. The van der Waals surface area contributed by atoms with Crippen molar-refractivity contribution in [2.24, 2.45) is 0 Å². The summed E-state index contributed by atoms with van der Waals surface area (Å²) in [5.74, 6) is 2.40. The van der Waals surface area contributed by atoms with Crippen LogP contribution in [0.15, 0.2) is 29.6 Å². The van der Waals surface area contributed by atoms with Crippen molar-refractivity contribution in [2.75, 3.05) is 27.1 Å². The van der Waals surface area contributed by atoms with Gasteiger partial charge in [-0.3, -0.25) is 4.79 Å². The summed E-state index contributed by atoms with van der Waals surface area (Å²) in [5.41, 5.74) is 0.946. The quantitative estimate of drug-likeness (QED) is 0.783. The Bertz CT molecular complexity index is 692. The van der Waals surface area contributed by atoms with E-state index >= 15 is 0 Å². The highest BCUT2D eigenvalue weighted by Gasteiger charge is 2.33. The van der Waals surface area contributed by atoms with Crippen LogP contribution in [0.5, 0.6) is 17.2 Å². The Morgan fingerprint density at radius 2 is 1.88 bits per heavy atom. The second kappa shape index (κ2) is 7.36. The van der Waals surface area contributed by atoms with Crippen LogP contribution in [-0.2, 0) is 11.3 Å². The fourth-order valence-corrected chi connectivity index (χ4v) is 4.88. The Morgan fingerprint density at radius 3 is 2.42 bits per heavy atom. The molecule has 24 heavy (non-hydrogen) atoms. The van der Waals surface area contributed by atoms with Crippen molar-refractivity contribution < 1.29 is 19.0 Å². The standard InChI is InChI=1S/C17H19NO4S2/c1-20-12-7-11(8-13(21-2)16(12)22-3)9-18-15(19)10-24-17(18)14-5-4-6-23-14/h4-8,17H,9-10H2,1-3H3. The SMILES string of the molecule is COc1cc(CN2C(=O)CSC2c2cccs2)cc(OC)c1OC. The van der Waals surface area contributed by atoms with Crippen LogP contribution in [-0.4, -0.2) is 37.9 Å². The molecule has 1 saturated heterocycles. The van der Waals surface area contributed by atoms with Gasteiger partial charge < -0.3 is 19.1 Å². The molecule has 2 heterocycles. The number of nitrogens with zero attached hydrogens (tertiary/aromatic N) is 1. The molecule has 7 heteroatoms. The molecule has 1 atom stereocenters. The van der Waals surface area contributed by atoms with Gasteiger partial charge in [-0.15, -0.1) is 23.1 Å². The molecule has 1 fully saturated rings. The number of carbonyl (C=O) groups excluding carboxylic acids is 1. The Kier molecular flexibility index (Phi) is 5.20. The lowest BCUT2D eigenvalue weighted by molar-refractivity contribution is -0.128. The van der Waals surface area contributed by atoms with E-state index in [1.54, 1.807) is 44.4 Å². The van der Waals surface area contributed by atoms with E-state index in [4.69, 9.17) is 14.2 Å². The zero-order valence-electron chi connectivity index (χ0n) is 13.8. The van der Waals surface area contributed by atoms with Crippen LogP contribution in [0.3, 0.4) is 0 Å². The highest BCUT2D eigenvalue weighted by Crippen LogP contribution is 2.43. The summed E-state index contributed by atoms with van der Waals surface area (Å²) < 4.78 is 16.1. The number of thioether (sulfide) groups is 1. The molecule has 2 aromatic rings. The molecular formula is C17H19NO4S2. The van der Waals surface area contributed by atoms with Gasteiger partial charge in [-0.2, -0.15) is 0 Å². The summed E-state index contributed by atoms with van der Waals surface area (Å²) in [6.07, 6.45) is 0. The predicted molar refractivity (Wildman–Crippen MR) is 96.2 cm³/mol. The number of thiophene rings is 1. The smallest absolute Gasteiger partial charge is 0.234 e. The minimum Gasteiger partial charge on any atom is -0.493 e. The van der Waals surface area contributed by atoms with Crippen LogP contribution >= 0.6 is 23.1 Å². The van der Waals surface area contributed by atoms with E-state index in [2.05, 4.69) is 6.07 Å².